The summed E-state index contributed by atoms with van der Waals surface area (Å²) in [5.41, 5.74) is 7.49. The van der Waals surface area contributed by atoms with E-state index in [-0.39, 0.29) is 6.04 Å². The summed E-state index contributed by atoms with van der Waals surface area (Å²) in [5.74, 6) is 5.71. The van der Waals surface area contributed by atoms with E-state index in [9.17, 15) is 0 Å². The summed E-state index contributed by atoms with van der Waals surface area (Å²) in [7, 11) is 0. The Labute approximate surface area is 129 Å². The molecule has 4 heteroatoms. The highest BCUT2D eigenvalue weighted by atomic mass is 35.5. The van der Waals surface area contributed by atoms with Crippen molar-refractivity contribution in [3.8, 4) is 0 Å². The van der Waals surface area contributed by atoms with Crippen molar-refractivity contribution < 1.29 is 0 Å². The normalized spacial score (nSPS) is 12.4. The fourth-order valence-corrected chi connectivity index (χ4v) is 2.71. The van der Waals surface area contributed by atoms with E-state index in [0.717, 1.165) is 12.0 Å². The van der Waals surface area contributed by atoms with Crippen LogP contribution in [0.25, 0.3) is 0 Å². The standard InChI is InChI=1S/C16H18Cl2N2/c1-10-3-4-11(2)12(7-10)8-16(20-19)14-9-13(17)5-6-15(14)18/h3-7,9,16,20H,8,19H2,1-2H3. The molecule has 0 aromatic heterocycles. The second-order valence-corrected chi connectivity index (χ2v) is 5.86. The van der Waals surface area contributed by atoms with Crippen molar-refractivity contribution in [2.24, 2.45) is 5.84 Å². The minimum Gasteiger partial charge on any atom is -0.271 e. The third kappa shape index (κ3) is 3.53. The van der Waals surface area contributed by atoms with Crippen molar-refractivity contribution in [1.29, 1.82) is 0 Å². The molecule has 2 aromatic rings. The zero-order chi connectivity index (χ0) is 14.7. The number of hydrazine groups is 1. The molecule has 0 bridgehead atoms. The lowest BCUT2D eigenvalue weighted by Gasteiger charge is -2.19. The summed E-state index contributed by atoms with van der Waals surface area (Å²) < 4.78 is 0. The van der Waals surface area contributed by atoms with Crippen LogP contribution in [0, 0.1) is 13.8 Å². The quantitative estimate of drug-likeness (QED) is 0.650. The summed E-state index contributed by atoms with van der Waals surface area (Å²) >= 11 is 12.3. The molecular weight excluding hydrogens is 291 g/mol. The summed E-state index contributed by atoms with van der Waals surface area (Å²) in [6, 6.07) is 11.8. The lowest BCUT2D eigenvalue weighted by atomic mass is 9.95. The minimum absolute atomic E-state index is 0.0679. The Bertz CT molecular complexity index is 611. The van der Waals surface area contributed by atoms with Crippen LogP contribution < -0.4 is 11.3 Å². The van der Waals surface area contributed by atoms with E-state index >= 15 is 0 Å². The molecule has 0 fully saturated rings. The summed E-state index contributed by atoms with van der Waals surface area (Å²) in [5, 5.41) is 1.33. The zero-order valence-electron chi connectivity index (χ0n) is 11.6. The average molecular weight is 309 g/mol. The summed E-state index contributed by atoms with van der Waals surface area (Å²) in [6.07, 6.45) is 0.768. The van der Waals surface area contributed by atoms with Crippen LogP contribution in [-0.4, -0.2) is 0 Å². The first-order valence-corrected chi connectivity index (χ1v) is 7.24. The zero-order valence-corrected chi connectivity index (χ0v) is 13.1. The van der Waals surface area contributed by atoms with Gasteiger partial charge < -0.3 is 0 Å². The molecule has 20 heavy (non-hydrogen) atoms. The maximum absolute atomic E-state index is 6.25. The molecule has 2 nitrogen and oxygen atoms in total. The van der Waals surface area contributed by atoms with E-state index < -0.39 is 0 Å². The van der Waals surface area contributed by atoms with Crippen LogP contribution in [0.2, 0.25) is 10.0 Å². The van der Waals surface area contributed by atoms with E-state index in [2.05, 4.69) is 37.5 Å². The van der Waals surface area contributed by atoms with E-state index in [0.29, 0.717) is 10.0 Å². The fourth-order valence-electron chi connectivity index (χ4n) is 2.28. The lowest BCUT2D eigenvalue weighted by molar-refractivity contribution is 0.551. The molecule has 2 aromatic carbocycles. The third-order valence-corrected chi connectivity index (χ3v) is 4.04. The molecule has 0 spiro atoms. The van der Waals surface area contributed by atoms with Crippen molar-refractivity contribution in [2.75, 3.05) is 0 Å². The molecule has 0 saturated heterocycles. The molecule has 1 atom stereocenters. The molecule has 0 heterocycles. The minimum atomic E-state index is -0.0679. The van der Waals surface area contributed by atoms with Crippen LogP contribution in [0.4, 0.5) is 0 Å². The van der Waals surface area contributed by atoms with Gasteiger partial charge in [-0.15, -0.1) is 0 Å². The first-order valence-electron chi connectivity index (χ1n) is 6.48. The van der Waals surface area contributed by atoms with Crippen LogP contribution in [0.15, 0.2) is 36.4 Å². The Morgan fingerprint density at radius 2 is 1.85 bits per heavy atom. The van der Waals surface area contributed by atoms with E-state index in [1.807, 2.05) is 6.07 Å². The van der Waals surface area contributed by atoms with E-state index in [4.69, 9.17) is 29.0 Å². The Morgan fingerprint density at radius 3 is 2.55 bits per heavy atom. The smallest absolute Gasteiger partial charge is 0.0515 e. The maximum atomic E-state index is 6.25. The molecular formula is C16H18Cl2N2. The topological polar surface area (TPSA) is 38.0 Å². The number of nitrogens with one attached hydrogen (secondary N) is 1. The van der Waals surface area contributed by atoms with Crippen LogP contribution in [0.1, 0.15) is 28.3 Å². The Kier molecular flexibility index (Phi) is 5.06. The molecule has 0 saturated carbocycles. The van der Waals surface area contributed by atoms with Gasteiger partial charge in [-0.25, -0.2) is 0 Å². The Morgan fingerprint density at radius 1 is 1.10 bits per heavy atom. The van der Waals surface area contributed by atoms with Crippen molar-refractivity contribution in [1.82, 2.24) is 5.43 Å². The van der Waals surface area contributed by atoms with Gasteiger partial charge >= 0.3 is 0 Å². The Balaban J connectivity index is 2.33. The molecule has 0 amide bonds. The molecule has 0 aliphatic rings. The molecule has 106 valence electrons. The fraction of sp³-hybridized carbons (Fsp3) is 0.250. The first-order chi connectivity index (χ1) is 9.51. The predicted molar refractivity (Wildman–Crippen MR) is 86.1 cm³/mol. The van der Waals surface area contributed by atoms with Crippen LogP contribution in [0.3, 0.4) is 0 Å². The lowest BCUT2D eigenvalue weighted by Crippen LogP contribution is -2.30. The summed E-state index contributed by atoms with van der Waals surface area (Å²) in [6.45, 7) is 4.18. The first kappa shape index (κ1) is 15.3. The number of hydrogen-bond donors (Lipinski definition) is 2. The van der Waals surface area contributed by atoms with Gasteiger partial charge in [-0.2, -0.15) is 0 Å². The molecule has 0 aliphatic carbocycles. The summed E-state index contributed by atoms with van der Waals surface area (Å²) in [4.78, 5) is 0. The van der Waals surface area contributed by atoms with Crippen molar-refractivity contribution in [3.63, 3.8) is 0 Å². The highest BCUT2D eigenvalue weighted by molar-refractivity contribution is 6.33. The van der Waals surface area contributed by atoms with Gasteiger partial charge in [0.05, 0.1) is 6.04 Å². The monoisotopic (exact) mass is 308 g/mol. The Hall–Kier alpha value is -1.06. The number of halogens is 2. The van der Waals surface area contributed by atoms with Gasteiger partial charge in [0.2, 0.25) is 0 Å². The van der Waals surface area contributed by atoms with Gasteiger partial charge in [0.25, 0.3) is 0 Å². The second-order valence-electron chi connectivity index (χ2n) is 5.02. The highest BCUT2D eigenvalue weighted by Gasteiger charge is 2.15. The third-order valence-electron chi connectivity index (χ3n) is 3.46. The molecule has 1 unspecified atom stereocenters. The highest BCUT2D eigenvalue weighted by Crippen LogP contribution is 2.29. The number of rotatable bonds is 4. The van der Waals surface area contributed by atoms with Gasteiger partial charge in [-0.3, -0.25) is 11.3 Å². The van der Waals surface area contributed by atoms with Crippen LogP contribution in [0.5, 0.6) is 0 Å². The number of nitrogens with two attached hydrogens (primary N) is 1. The van der Waals surface area contributed by atoms with E-state index in [1.54, 1.807) is 12.1 Å². The van der Waals surface area contributed by atoms with Gasteiger partial charge in [-0.1, -0.05) is 47.0 Å². The van der Waals surface area contributed by atoms with Gasteiger partial charge in [0.1, 0.15) is 0 Å². The van der Waals surface area contributed by atoms with Crippen LogP contribution >= 0.6 is 23.2 Å². The molecule has 0 aliphatic heterocycles. The molecule has 2 rings (SSSR count). The van der Waals surface area contributed by atoms with Crippen molar-refractivity contribution in [2.45, 2.75) is 26.3 Å². The van der Waals surface area contributed by atoms with Crippen molar-refractivity contribution >= 4 is 23.2 Å². The molecule has 0 radical (unpaired) electrons. The van der Waals surface area contributed by atoms with Gasteiger partial charge in [0.15, 0.2) is 0 Å². The number of aryl methyl sites for hydroxylation is 2. The maximum Gasteiger partial charge on any atom is 0.0515 e. The predicted octanol–water partition coefficient (Wildman–Crippen LogP) is 4.36. The van der Waals surface area contributed by atoms with E-state index in [1.165, 1.54) is 16.7 Å². The molecule has 3 N–H and O–H groups in total. The average Bonchev–Trinajstić information content (AvgIpc) is 2.42. The van der Waals surface area contributed by atoms with Gasteiger partial charge in [-0.05, 0) is 55.2 Å². The van der Waals surface area contributed by atoms with Gasteiger partial charge in [0, 0.05) is 10.0 Å². The largest absolute Gasteiger partial charge is 0.271 e. The SMILES string of the molecule is Cc1ccc(C)c(CC(NN)c2cc(Cl)ccc2Cl)c1. The number of benzene rings is 2. The second kappa shape index (κ2) is 6.59. The van der Waals surface area contributed by atoms with Crippen LogP contribution in [-0.2, 0) is 6.42 Å². The number of hydrogen-bond acceptors (Lipinski definition) is 2. The van der Waals surface area contributed by atoms with Crippen molar-refractivity contribution in [3.05, 3.63) is 68.7 Å².